The average Bonchev–Trinajstić information content (AvgIpc) is 2.66. The molecule has 1 heterocycles. The van der Waals surface area contributed by atoms with Crippen molar-refractivity contribution >= 4 is 5.69 Å². The summed E-state index contributed by atoms with van der Waals surface area (Å²) in [5.41, 5.74) is 5.74. The maximum Gasteiger partial charge on any atom is 0.0403 e. The van der Waals surface area contributed by atoms with Gasteiger partial charge in [0.15, 0.2) is 0 Å². The third kappa shape index (κ3) is 2.58. The zero-order valence-corrected chi connectivity index (χ0v) is 12.2. The number of para-hydroxylation sites is 1. The third-order valence-electron chi connectivity index (χ3n) is 4.33. The van der Waals surface area contributed by atoms with Crippen LogP contribution < -0.4 is 5.32 Å². The normalized spacial score (nSPS) is 16.8. The first kappa shape index (κ1) is 13.2. The van der Waals surface area contributed by atoms with Gasteiger partial charge in [-0.3, -0.25) is 0 Å². The van der Waals surface area contributed by atoms with E-state index >= 15 is 0 Å². The van der Waals surface area contributed by atoms with E-state index in [4.69, 9.17) is 0 Å². The van der Waals surface area contributed by atoms with Gasteiger partial charge in [-0.15, -0.1) is 0 Å². The first-order chi connectivity index (χ1) is 9.90. The van der Waals surface area contributed by atoms with E-state index in [0.717, 1.165) is 6.54 Å². The summed E-state index contributed by atoms with van der Waals surface area (Å²) in [4.78, 5) is 0. The van der Waals surface area contributed by atoms with Gasteiger partial charge in [-0.2, -0.15) is 0 Å². The molecule has 0 aliphatic carbocycles. The SMILES string of the molecule is CCCCCC1c2ccccc2CNc2ccccc21. The zero-order chi connectivity index (χ0) is 13.8. The molecule has 20 heavy (non-hydrogen) atoms. The Bertz CT molecular complexity index is 526. The van der Waals surface area contributed by atoms with E-state index in [-0.39, 0.29) is 0 Å². The highest BCUT2D eigenvalue weighted by Crippen LogP contribution is 2.38. The van der Waals surface area contributed by atoms with Gasteiger partial charge in [0.05, 0.1) is 0 Å². The molecular formula is C19H23N. The molecule has 0 radical (unpaired) electrons. The van der Waals surface area contributed by atoms with E-state index < -0.39 is 0 Å². The van der Waals surface area contributed by atoms with Crippen LogP contribution in [0.15, 0.2) is 48.5 Å². The molecule has 0 fully saturated rings. The summed E-state index contributed by atoms with van der Waals surface area (Å²) >= 11 is 0. The van der Waals surface area contributed by atoms with Gasteiger partial charge in [0.2, 0.25) is 0 Å². The highest BCUT2D eigenvalue weighted by atomic mass is 14.9. The Morgan fingerprint density at radius 3 is 2.55 bits per heavy atom. The first-order valence-corrected chi connectivity index (χ1v) is 7.80. The highest BCUT2D eigenvalue weighted by Gasteiger charge is 2.22. The first-order valence-electron chi connectivity index (χ1n) is 7.80. The summed E-state index contributed by atoms with van der Waals surface area (Å²) in [5.74, 6) is 0.545. The topological polar surface area (TPSA) is 12.0 Å². The minimum Gasteiger partial charge on any atom is -0.381 e. The molecular weight excluding hydrogens is 242 g/mol. The van der Waals surface area contributed by atoms with Gasteiger partial charge in [-0.1, -0.05) is 68.7 Å². The van der Waals surface area contributed by atoms with E-state index in [1.54, 1.807) is 0 Å². The molecule has 1 unspecified atom stereocenters. The number of fused-ring (bicyclic) bond motifs is 2. The molecule has 1 nitrogen and oxygen atoms in total. The lowest BCUT2D eigenvalue weighted by Gasteiger charge is -2.19. The van der Waals surface area contributed by atoms with Crippen LogP contribution in [0.1, 0.15) is 55.2 Å². The molecule has 1 N–H and O–H groups in total. The molecule has 104 valence electrons. The monoisotopic (exact) mass is 265 g/mol. The van der Waals surface area contributed by atoms with Crippen molar-refractivity contribution in [3.05, 3.63) is 65.2 Å². The summed E-state index contributed by atoms with van der Waals surface area (Å²) < 4.78 is 0. The fourth-order valence-electron chi connectivity index (χ4n) is 3.26. The molecule has 0 spiro atoms. The maximum absolute atomic E-state index is 3.60. The average molecular weight is 265 g/mol. The molecule has 2 aromatic rings. The fourth-order valence-corrected chi connectivity index (χ4v) is 3.26. The molecule has 0 amide bonds. The van der Waals surface area contributed by atoms with Crippen LogP contribution in [0.4, 0.5) is 5.69 Å². The van der Waals surface area contributed by atoms with E-state index in [1.807, 2.05) is 0 Å². The van der Waals surface area contributed by atoms with Crippen LogP contribution >= 0.6 is 0 Å². The van der Waals surface area contributed by atoms with Gasteiger partial charge in [0.25, 0.3) is 0 Å². The number of unbranched alkanes of at least 4 members (excludes halogenated alkanes) is 2. The second-order valence-electron chi connectivity index (χ2n) is 5.69. The summed E-state index contributed by atoms with van der Waals surface area (Å²) in [6.45, 7) is 3.22. The zero-order valence-electron chi connectivity index (χ0n) is 12.2. The number of rotatable bonds is 4. The van der Waals surface area contributed by atoms with Crippen LogP contribution in [0.25, 0.3) is 0 Å². The van der Waals surface area contributed by atoms with Crippen LogP contribution in [-0.2, 0) is 6.54 Å². The Morgan fingerprint density at radius 2 is 1.70 bits per heavy atom. The molecule has 2 aromatic carbocycles. The van der Waals surface area contributed by atoms with Crippen LogP contribution in [0.3, 0.4) is 0 Å². The predicted octanol–water partition coefficient (Wildman–Crippen LogP) is 5.32. The van der Waals surface area contributed by atoms with Crippen molar-refractivity contribution in [2.75, 3.05) is 5.32 Å². The second-order valence-corrected chi connectivity index (χ2v) is 5.69. The molecule has 0 bridgehead atoms. The summed E-state index contributed by atoms with van der Waals surface area (Å²) in [7, 11) is 0. The predicted molar refractivity (Wildman–Crippen MR) is 86.2 cm³/mol. The second kappa shape index (κ2) is 6.13. The Hall–Kier alpha value is -1.76. The highest BCUT2D eigenvalue weighted by molar-refractivity contribution is 5.58. The summed E-state index contributed by atoms with van der Waals surface area (Å²) in [6, 6.07) is 17.7. The largest absolute Gasteiger partial charge is 0.381 e. The smallest absolute Gasteiger partial charge is 0.0403 e. The van der Waals surface area contributed by atoms with Crippen molar-refractivity contribution in [1.82, 2.24) is 0 Å². The maximum atomic E-state index is 3.60. The minimum absolute atomic E-state index is 0.545. The quantitative estimate of drug-likeness (QED) is 0.737. The van der Waals surface area contributed by atoms with E-state index in [0.29, 0.717) is 5.92 Å². The van der Waals surface area contributed by atoms with Gasteiger partial charge in [0, 0.05) is 18.2 Å². The number of hydrogen-bond acceptors (Lipinski definition) is 1. The lowest BCUT2D eigenvalue weighted by Crippen LogP contribution is -2.02. The summed E-state index contributed by atoms with van der Waals surface area (Å²) in [6.07, 6.45) is 5.18. The van der Waals surface area contributed by atoms with Crippen molar-refractivity contribution in [3.8, 4) is 0 Å². The van der Waals surface area contributed by atoms with Crippen LogP contribution in [-0.4, -0.2) is 0 Å². The summed E-state index contributed by atoms with van der Waals surface area (Å²) in [5, 5.41) is 3.60. The van der Waals surface area contributed by atoms with Crippen molar-refractivity contribution in [2.45, 2.75) is 45.1 Å². The van der Waals surface area contributed by atoms with Gasteiger partial charge >= 0.3 is 0 Å². The molecule has 1 heteroatoms. The molecule has 1 aliphatic rings. The molecule has 3 rings (SSSR count). The van der Waals surface area contributed by atoms with Gasteiger partial charge < -0.3 is 5.32 Å². The lowest BCUT2D eigenvalue weighted by atomic mass is 9.84. The van der Waals surface area contributed by atoms with Gasteiger partial charge in [-0.05, 0) is 29.2 Å². The van der Waals surface area contributed by atoms with E-state index in [1.165, 1.54) is 48.1 Å². The number of nitrogens with one attached hydrogen (secondary N) is 1. The minimum atomic E-state index is 0.545. The number of hydrogen-bond donors (Lipinski definition) is 1. The van der Waals surface area contributed by atoms with Gasteiger partial charge in [0.1, 0.15) is 0 Å². The Balaban J connectivity index is 2.00. The molecule has 1 atom stereocenters. The molecule has 0 saturated heterocycles. The Kier molecular flexibility index (Phi) is 4.05. The van der Waals surface area contributed by atoms with E-state index in [9.17, 15) is 0 Å². The van der Waals surface area contributed by atoms with Crippen LogP contribution in [0, 0.1) is 0 Å². The fraction of sp³-hybridized carbons (Fsp3) is 0.368. The Morgan fingerprint density at radius 1 is 0.950 bits per heavy atom. The molecule has 0 saturated carbocycles. The van der Waals surface area contributed by atoms with Crippen molar-refractivity contribution in [1.29, 1.82) is 0 Å². The molecule has 1 aliphatic heterocycles. The standard InChI is InChI=1S/C19H23N/c1-2-3-4-11-17-16-10-6-5-9-15(16)14-20-19-13-8-7-12-18(17)19/h5-10,12-13,17,20H,2-4,11,14H2,1H3. The van der Waals surface area contributed by atoms with Gasteiger partial charge in [-0.25, -0.2) is 0 Å². The lowest BCUT2D eigenvalue weighted by molar-refractivity contribution is 0.619. The number of anilines is 1. The van der Waals surface area contributed by atoms with Crippen molar-refractivity contribution < 1.29 is 0 Å². The van der Waals surface area contributed by atoms with Crippen molar-refractivity contribution in [2.24, 2.45) is 0 Å². The van der Waals surface area contributed by atoms with Crippen LogP contribution in [0.5, 0.6) is 0 Å². The molecule has 0 aromatic heterocycles. The Labute approximate surface area is 122 Å². The number of benzene rings is 2. The van der Waals surface area contributed by atoms with Crippen molar-refractivity contribution in [3.63, 3.8) is 0 Å². The van der Waals surface area contributed by atoms with Crippen LogP contribution in [0.2, 0.25) is 0 Å². The third-order valence-corrected chi connectivity index (χ3v) is 4.33. The van der Waals surface area contributed by atoms with E-state index in [2.05, 4.69) is 60.8 Å².